The van der Waals surface area contributed by atoms with Crippen LogP contribution in [0.4, 0.5) is 5.95 Å². The van der Waals surface area contributed by atoms with Crippen LogP contribution in [-0.2, 0) is 6.61 Å². The van der Waals surface area contributed by atoms with Crippen molar-refractivity contribution in [2.75, 3.05) is 12.5 Å². The third kappa shape index (κ3) is 4.11. The van der Waals surface area contributed by atoms with E-state index in [2.05, 4.69) is 44.8 Å². The van der Waals surface area contributed by atoms with Gasteiger partial charge in [-0.2, -0.15) is 5.10 Å². The van der Waals surface area contributed by atoms with E-state index in [1.54, 1.807) is 13.3 Å². The first kappa shape index (κ1) is 19.6. The molecule has 32 heavy (non-hydrogen) atoms. The molecular formula is C26H22N4O2. The van der Waals surface area contributed by atoms with E-state index in [4.69, 9.17) is 9.47 Å². The number of methoxy groups -OCH3 is 1. The molecule has 0 amide bonds. The monoisotopic (exact) mass is 422 g/mol. The topological polar surface area (TPSA) is 71.5 Å². The summed E-state index contributed by atoms with van der Waals surface area (Å²) in [5, 5.41) is 6.66. The molecule has 1 heterocycles. The van der Waals surface area contributed by atoms with Crippen LogP contribution < -0.4 is 14.9 Å². The Morgan fingerprint density at radius 3 is 2.69 bits per heavy atom. The van der Waals surface area contributed by atoms with Crippen LogP contribution in [0.3, 0.4) is 0 Å². The molecular weight excluding hydrogens is 400 g/mol. The van der Waals surface area contributed by atoms with Crippen LogP contribution in [0.2, 0.25) is 0 Å². The number of fused-ring (bicyclic) bond motifs is 2. The molecule has 5 rings (SSSR count). The zero-order valence-corrected chi connectivity index (χ0v) is 17.6. The van der Waals surface area contributed by atoms with Gasteiger partial charge in [-0.15, -0.1) is 0 Å². The van der Waals surface area contributed by atoms with Crippen LogP contribution in [0.1, 0.15) is 11.1 Å². The molecule has 6 heteroatoms. The summed E-state index contributed by atoms with van der Waals surface area (Å²) in [6.45, 7) is 0.457. The second-order valence-corrected chi connectivity index (χ2v) is 7.31. The number of hydrazone groups is 1. The van der Waals surface area contributed by atoms with Gasteiger partial charge in [-0.05, 0) is 52.2 Å². The highest BCUT2D eigenvalue weighted by Gasteiger charge is 2.07. The summed E-state index contributed by atoms with van der Waals surface area (Å²) in [6, 6.07) is 28.1. The van der Waals surface area contributed by atoms with Gasteiger partial charge in [-0.3, -0.25) is 0 Å². The van der Waals surface area contributed by atoms with E-state index in [1.165, 1.54) is 10.8 Å². The highest BCUT2D eigenvalue weighted by atomic mass is 16.5. The number of anilines is 1. The summed E-state index contributed by atoms with van der Waals surface area (Å²) in [5.41, 5.74) is 6.78. The minimum Gasteiger partial charge on any atom is -0.493 e. The number of nitrogens with zero attached hydrogens (tertiary/aromatic N) is 2. The average molecular weight is 422 g/mol. The lowest BCUT2D eigenvalue weighted by molar-refractivity contribution is 0.285. The van der Waals surface area contributed by atoms with Crippen molar-refractivity contribution in [2.45, 2.75) is 6.61 Å². The number of para-hydroxylation sites is 2. The molecule has 0 aliphatic heterocycles. The van der Waals surface area contributed by atoms with Crippen LogP contribution in [0, 0.1) is 0 Å². The third-order valence-electron chi connectivity index (χ3n) is 5.22. The summed E-state index contributed by atoms with van der Waals surface area (Å²) >= 11 is 0. The maximum Gasteiger partial charge on any atom is 0.222 e. The van der Waals surface area contributed by atoms with E-state index in [9.17, 15) is 0 Å². The standard InChI is InChI=1S/C26H22N4O2/c1-31-25-15-18(16-27-30-26-28-22-11-4-5-12-23(22)29-26)13-14-24(25)32-17-20-9-6-8-19-7-2-3-10-21(19)20/h2-16H,17H2,1H3,(H2,28,29,30). The van der Waals surface area contributed by atoms with Gasteiger partial charge in [-0.25, -0.2) is 10.4 Å². The second kappa shape index (κ2) is 8.81. The molecule has 0 radical (unpaired) electrons. The summed E-state index contributed by atoms with van der Waals surface area (Å²) in [5.74, 6) is 1.92. The lowest BCUT2D eigenvalue weighted by Gasteiger charge is -2.12. The Balaban J connectivity index is 1.28. The SMILES string of the molecule is COc1cc(C=NNc2nc3ccccc3[nH]2)ccc1OCc1cccc2ccccc12. The first-order valence-corrected chi connectivity index (χ1v) is 10.3. The molecule has 0 aliphatic rings. The minimum atomic E-state index is 0.457. The van der Waals surface area contributed by atoms with Crippen molar-refractivity contribution in [1.82, 2.24) is 9.97 Å². The number of aromatic nitrogens is 2. The fourth-order valence-corrected chi connectivity index (χ4v) is 3.63. The number of rotatable bonds is 7. The number of hydrogen-bond donors (Lipinski definition) is 2. The molecule has 6 nitrogen and oxygen atoms in total. The van der Waals surface area contributed by atoms with Crippen LogP contribution in [0.25, 0.3) is 21.8 Å². The van der Waals surface area contributed by atoms with Crippen LogP contribution >= 0.6 is 0 Å². The predicted octanol–water partition coefficient (Wildman–Crippen LogP) is 5.75. The number of ether oxygens (including phenoxy) is 2. The van der Waals surface area contributed by atoms with E-state index < -0.39 is 0 Å². The molecule has 0 saturated carbocycles. The second-order valence-electron chi connectivity index (χ2n) is 7.31. The Kier molecular flexibility index (Phi) is 5.41. The van der Waals surface area contributed by atoms with Crippen molar-refractivity contribution in [3.8, 4) is 11.5 Å². The van der Waals surface area contributed by atoms with E-state index in [-0.39, 0.29) is 0 Å². The van der Waals surface area contributed by atoms with Gasteiger partial charge in [0.2, 0.25) is 5.95 Å². The average Bonchev–Trinajstić information content (AvgIpc) is 3.26. The molecule has 0 bridgehead atoms. The van der Waals surface area contributed by atoms with Crippen molar-refractivity contribution in [3.05, 3.63) is 96.1 Å². The number of hydrogen-bond acceptors (Lipinski definition) is 5. The largest absolute Gasteiger partial charge is 0.493 e. The molecule has 0 unspecified atom stereocenters. The number of benzene rings is 4. The maximum atomic E-state index is 6.08. The van der Waals surface area contributed by atoms with E-state index >= 15 is 0 Å². The van der Waals surface area contributed by atoms with Gasteiger partial charge in [0.25, 0.3) is 0 Å². The molecule has 2 N–H and O–H groups in total. The van der Waals surface area contributed by atoms with E-state index in [0.29, 0.717) is 24.1 Å². The van der Waals surface area contributed by atoms with Gasteiger partial charge >= 0.3 is 0 Å². The molecule has 0 atom stereocenters. The highest BCUT2D eigenvalue weighted by molar-refractivity contribution is 5.85. The zero-order chi connectivity index (χ0) is 21.8. The van der Waals surface area contributed by atoms with Gasteiger partial charge in [0.15, 0.2) is 11.5 Å². The van der Waals surface area contributed by atoms with Crippen molar-refractivity contribution in [2.24, 2.45) is 5.10 Å². The van der Waals surface area contributed by atoms with Crippen LogP contribution in [-0.4, -0.2) is 23.3 Å². The maximum absolute atomic E-state index is 6.08. The molecule has 0 fully saturated rings. The molecule has 5 aromatic rings. The number of aromatic amines is 1. The summed E-state index contributed by atoms with van der Waals surface area (Å²) in [4.78, 5) is 7.62. The van der Waals surface area contributed by atoms with Gasteiger partial charge in [0, 0.05) is 0 Å². The Hall–Kier alpha value is -4.32. The quantitative estimate of drug-likeness (QED) is 0.259. The summed E-state index contributed by atoms with van der Waals surface area (Å²) < 4.78 is 11.6. The first-order chi connectivity index (χ1) is 15.8. The predicted molar refractivity (Wildman–Crippen MR) is 129 cm³/mol. The third-order valence-corrected chi connectivity index (χ3v) is 5.22. The Bertz CT molecular complexity index is 1370. The van der Waals surface area contributed by atoms with Crippen molar-refractivity contribution in [3.63, 3.8) is 0 Å². The number of imidazole rings is 1. The van der Waals surface area contributed by atoms with Gasteiger partial charge < -0.3 is 14.5 Å². The van der Waals surface area contributed by atoms with Gasteiger partial charge in [-0.1, -0.05) is 54.6 Å². The van der Waals surface area contributed by atoms with Crippen molar-refractivity contribution < 1.29 is 9.47 Å². The van der Waals surface area contributed by atoms with E-state index in [1.807, 2.05) is 60.7 Å². The molecule has 0 spiro atoms. The van der Waals surface area contributed by atoms with Gasteiger partial charge in [0.1, 0.15) is 6.61 Å². The molecule has 4 aromatic carbocycles. The number of H-pyrrole nitrogens is 1. The highest BCUT2D eigenvalue weighted by Crippen LogP contribution is 2.29. The minimum absolute atomic E-state index is 0.457. The van der Waals surface area contributed by atoms with Crippen molar-refractivity contribution >= 4 is 34.0 Å². The molecule has 0 aliphatic carbocycles. The number of nitrogens with one attached hydrogen (secondary N) is 2. The summed E-state index contributed by atoms with van der Waals surface area (Å²) in [7, 11) is 1.63. The Morgan fingerprint density at radius 1 is 0.938 bits per heavy atom. The zero-order valence-electron chi connectivity index (χ0n) is 17.6. The van der Waals surface area contributed by atoms with Gasteiger partial charge in [0.05, 0.1) is 24.4 Å². The molecule has 158 valence electrons. The van der Waals surface area contributed by atoms with E-state index in [0.717, 1.165) is 22.2 Å². The van der Waals surface area contributed by atoms with Crippen molar-refractivity contribution in [1.29, 1.82) is 0 Å². The van der Waals surface area contributed by atoms with Crippen LogP contribution in [0.5, 0.6) is 11.5 Å². The lowest BCUT2D eigenvalue weighted by atomic mass is 10.1. The smallest absolute Gasteiger partial charge is 0.222 e. The molecule has 1 aromatic heterocycles. The fraction of sp³-hybridized carbons (Fsp3) is 0.0769. The molecule has 0 saturated heterocycles. The normalized spacial score (nSPS) is 11.3. The fourth-order valence-electron chi connectivity index (χ4n) is 3.63. The lowest BCUT2D eigenvalue weighted by Crippen LogP contribution is -1.99. The summed E-state index contributed by atoms with van der Waals surface area (Å²) in [6.07, 6.45) is 1.71. The van der Waals surface area contributed by atoms with Crippen LogP contribution in [0.15, 0.2) is 90.0 Å². The Morgan fingerprint density at radius 2 is 1.78 bits per heavy atom. The Labute approximate surface area is 185 Å². The first-order valence-electron chi connectivity index (χ1n) is 10.3.